The minimum atomic E-state index is -0.168. The van der Waals surface area contributed by atoms with Crippen molar-refractivity contribution < 1.29 is 23.8 Å². The number of ether oxygens (including phenoxy) is 3. The Morgan fingerprint density at radius 2 is 1.58 bits per heavy atom. The van der Waals surface area contributed by atoms with E-state index in [1.807, 2.05) is 71.8 Å². The molecule has 2 heterocycles. The molecule has 11 heteroatoms. The number of hydrogen-bond acceptors (Lipinski definition) is 8. The first-order valence-corrected chi connectivity index (χ1v) is 14.9. The van der Waals surface area contributed by atoms with Gasteiger partial charge in [0.05, 0.1) is 32.6 Å². The van der Waals surface area contributed by atoms with Crippen LogP contribution in [-0.2, 0) is 4.79 Å². The number of amides is 2. The Hall–Kier alpha value is -4.51. The Balaban J connectivity index is 1.29. The normalized spacial score (nSPS) is 14.9. The maximum absolute atomic E-state index is 13.4. The third kappa shape index (κ3) is 6.46. The highest BCUT2D eigenvalue weighted by Crippen LogP contribution is 2.30. The largest absolute Gasteiger partial charge is 0.497 e. The second-order valence-electron chi connectivity index (χ2n) is 10.2. The van der Waals surface area contributed by atoms with E-state index in [1.54, 1.807) is 37.3 Å². The van der Waals surface area contributed by atoms with Gasteiger partial charge in [-0.15, -0.1) is 10.2 Å². The summed E-state index contributed by atoms with van der Waals surface area (Å²) in [6, 6.07) is 20.8. The highest BCUT2D eigenvalue weighted by atomic mass is 32.2. The van der Waals surface area contributed by atoms with E-state index in [0.29, 0.717) is 47.7 Å². The predicted octanol–water partition coefficient (Wildman–Crippen LogP) is 4.73. The number of carbonyl (C=O) groups is 2. The number of thioether (sulfide) groups is 1. The first-order valence-electron chi connectivity index (χ1n) is 13.9. The number of aryl methyl sites for hydroxylation is 1. The molecule has 0 radical (unpaired) electrons. The lowest BCUT2D eigenvalue weighted by atomic mass is 10.1. The Labute approximate surface area is 255 Å². The van der Waals surface area contributed by atoms with Crippen molar-refractivity contribution in [1.29, 1.82) is 0 Å². The fraction of sp³-hybridized carbons (Fsp3) is 0.312. The molecule has 43 heavy (non-hydrogen) atoms. The second-order valence-corrected chi connectivity index (χ2v) is 11.2. The van der Waals surface area contributed by atoms with E-state index in [-0.39, 0.29) is 23.6 Å². The molecule has 5 rings (SSSR count). The molecule has 0 saturated carbocycles. The Morgan fingerprint density at radius 1 is 0.884 bits per heavy atom. The quantitative estimate of drug-likeness (QED) is 0.254. The molecule has 0 bridgehead atoms. The molecule has 1 aliphatic heterocycles. The van der Waals surface area contributed by atoms with E-state index in [1.165, 1.54) is 18.9 Å². The Bertz CT molecular complexity index is 1590. The number of nitrogens with zero attached hydrogens (tertiary/aromatic N) is 5. The van der Waals surface area contributed by atoms with E-state index in [2.05, 4.69) is 10.2 Å². The minimum Gasteiger partial charge on any atom is -0.497 e. The van der Waals surface area contributed by atoms with Gasteiger partial charge in [0.1, 0.15) is 17.2 Å². The smallest absolute Gasteiger partial charge is 0.257 e. The topological polar surface area (TPSA) is 99.0 Å². The van der Waals surface area contributed by atoms with Crippen molar-refractivity contribution in [3.8, 4) is 34.3 Å². The van der Waals surface area contributed by atoms with E-state index >= 15 is 0 Å². The van der Waals surface area contributed by atoms with Gasteiger partial charge < -0.3 is 24.0 Å². The van der Waals surface area contributed by atoms with Gasteiger partial charge in [0.25, 0.3) is 5.91 Å². The van der Waals surface area contributed by atoms with Crippen molar-refractivity contribution in [2.75, 3.05) is 46.7 Å². The van der Waals surface area contributed by atoms with Crippen LogP contribution < -0.4 is 14.2 Å². The van der Waals surface area contributed by atoms with Crippen LogP contribution in [0.5, 0.6) is 17.2 Å². The van der Waals surface area contributed by atoms with E-state index < -0.39 is 0 Å². The van der Waals surface area contributed by atoms with Crippen LogP contribution in [0.4, 0.5) is 0 Å². The molecule has 0 N–H and O–H groups in total. The van der Waals surface area contributed by atoms with Gasteiger partial charge in [-0.25, -0.2) is 0 Å². The van der Waals surface area contributed by atoms with Crippen LogP contribution in [0.15, 0.2) is 71.9 Å². The first kappa shape index (κ1) is 30.0. The van der Waals surface area contributed by atoms with Crippen LogP contribution in [0.2, 0.25) is 0 Å². The lowest BCUT2D eigenvalue weighted by molar-refractivity contribution is -0.130. The van der Waals surface area contributed by atoms with Crippen LogP contribution >= 0.6 is 11.8 Å². The lowest BCUT2D eigenvalue weighted by Crippen LogP contribution is -2.55. The summed E-state index contributed by atoms with van der Waals surface area (Å²) in [7, 11) is 4.73. The van der Waals surface area contributed by atoms with Crippen LogP contribution in [-0.4, -0.2) is 89.1 Å². The van der Waals surface area contributed by atoms with Crippen molar-refractivity contribution in [2.45, 2.75) is 25.0 Å². The van der Waals surface area contributed by atoms with Crippen molar-refractivity contribution in [3.63, 3.8) is 0 Å². The fourth-order valence-electron chi connectivity index (χ4n) is 5.05. The fourth-order valence-corrected chi connectivity index (χ4v) is 5.91. The average Bonchev–Trinajstić information content (AvgIpc) is 3.47. The van der Waals surface area contributed by atoms with Crippen molar-refractivity contribution in [3.05, 3.63) is 77.9 Å². The standard InChI is InChI=1S/C32H35N5O5S/c1-21-6-8-23(9-7-21)30-33-34-32(37(30)24-10-12-25(40-3)13-11-24)43-20-29(38)35-16-17-36(22(2)19-35)31(39)27-15-14-26(41-4)18-28(27)42-5/h6-15,18,22H,16-17,19-20H2,1-5H3. The van der Waals surface area contributed by atoms with E-state index in [0.717, 1.165) is 22.6 Å². The highest BCUT2D eigenvalue weighted by molar-refractivity contribution is 7.99. The van der Waals surface area contributed by atoms with Gasteiger partial charge in [-0.3, -0.25) is 14.2 Å². The molecule has 1 saturated heterocycles. The molecule has 1 fully saturated rings. The summed E-state index contributed by atoms with van der Waals surface area (Å²) >= 11 is 1.34. The van der Waals surface area contributed by atoms with E-state index in [4.69, 9.17) is 14.2 Å². The summed E-state index contributed by atoms with van der Waals surface area (Å²) in [6.07, 6.45) is 0. The molecule has 10 nitrogen and oxygen atoms in total. The molecule has 1 aromatic heterocycles. The number of piperazine rings is 1. The van der Waals surface area contributed by atoms with Gasteiger partial charge in [0.2, 0.25) is 5.91 Å². The SMILES string of the molecule is COc1ccc(-n2c(SCC(=O)N3CCN(C(=O)c4ccc(OC)cc4OC)C(C)C3)nnc2-c2ccc(C)cc2)cc1. The number of aromatic nitrogens is 3. The van der Waals surface area contributed by atoms with Crippen molar-refractivity contribution >= 4 is 23.6 Å². The third-order valence-corrected chi connectivity index (χ3v) is 8.39. The maximum Gasteiger partial charge on any atom is 0.257 e. The zero-order chi connectivity index (χ0) is 30.5. The van der Waals surface area contributed by atoms with Gasteiger partial charge in [0.15, 0.2) is 11.0 Å². The van der Waals surface area contributed by atoms with Crippen LogP contribution in [0, 0.1) is 6.92 Å². The number of methoxy groups -OCH3 is 3. The van der Waals surface area contributed by atoms with Gasteiger partial charge >= 0.3 is 0 Å². The number of rotatable bonds is 9. The van der Waals surface area contributed by atoms with Gasteiger partial charge in [-0.05, 0) is 50.2 Å². The monoisotopic (exact) mass is 601 g/mol. The molecule has 3 aromatic carbocycles. The number of carbonyl (C=O) groups excluding carboxylic acids is 2. The Morgan fingerprint density at radius 3 is 2.23 bits per heavy atom. The zero-order valence-electron chi connectivity index (χ0n) is 24.9. The highest BCUT2D eigenvalue weighted by Gasteiger charge is 2.32. The van der Waals surface area contributed by atoms with Gasteiger partial charge in [-0.2, -0.15) is 0 Å². The second kappa shape index (κ2) is 13.2. The molecule has 2 amide bonds. The summed E-state index contributed by atoms with van der Waals surface area (Å²) in [5.41, 5.74) is 3.41. The summed E-state index contributed by atoms with van der Waals surface area (Å²) < 4.78 is 18.0. The molecular weight excluding hydrogens is 566 g/mol. The average molecular weight is 602 g/mol. The van der Waals surface area contributed by atoms with Crippen LogP contribution in [0.25, 0.3) is 17.1 Å². The molecule has 0 spiro atoms. The molecule has 0 aliphatic carbocycles. The minimum absolute atomic E-state index is 0.0212. The first-order chi connectivity index (χ1) is 20.8. The lowest BCUT2D eigenvalue weighted by Gasteiger charge is -2.40. The van der Waals surface area contributed by atoms with Crippen LogP contribution in [0.1, 0.15) is 22.8 Å². The summed E-state index contributed by atoms with van der Waals surface area (Å²) in [4.78, 5) is 30.4. The molecule has 1 aliphatic rings. The Kier molecular flexibility index (Phi) is 9.20. The van der Waals surface area contributed by atoms with Gasteiger partial charge in [-0.1, -0.05) is 41.6 Å². The zero-order valence-corrected chi connectivity index (χ0v) is 25.8. The molecule has 4 aromatic rings. The third-order valence-electron chi connectivity index (χ3n) is 7.48. The summed E-state index contributed by atoms with van der Waals surface area (Å²) in [5.74, 6) is 2.54. The van der Waals surface area contributed by atoms with Crippen LogP contribution in [0.3, 0.4) is 0 Å². The van der Waals surface area contributed by atoms with E-state index in [9.17, 15) is 9.59 Å². The molecular formula is C32H35N5O5S. The van der Waals surface area contributed by atoms with Crippen molar-refractivity contribution in [1.82, 2.24) is 24.6 Å². The van der Waals surface area contributed by atoms with Gasteiger partial charge in [0, 0.05) is 43.0 Å². The molecule has 1 unspecified atom stereocenters. The summed E-state index contributed by atoms with van der Waals surface area (Å²) in [5, 5.41) is 9.57. The molecule has 1 atom stereocenters. The summed E-state index contributed by atoms with van der Waals surface area (Å²) in [6.45, 7) is 5.29. The number of benzene rings is 3. The predicted molar refractivity (Wildman–Crippen MR) is 165 cm³/mol. The van der Waals surface area contributed by atoms with Crippen molar-refractivity contribution in [2.24, 2.45) is 0 Å². The maximum atomic E-state index is 13.4. The molecule has 224 valence electrons. The number of hydrogen-bond donors (Lipinski definition) is 0.